The van der Waals surface area contributed by atoms with E-state index < -0.39 is 0 Å². The number of ether oxygens (including phenoxy) is 2. The second kappa shape index (κ2) is 9.43. The van der Waals surface area contributed by atoms with Gasteiger partial charge in [0.15, 0.2) is 0 Å². The zero-order chi connectivity index (χ0) is 20.8. The Morgan fingerprint density at radius 2 is 1.83 bits per heavy atom. The van der Waals surface area contributed by atoms with Crippen molar-refractivity contribution < 1.29 is 14.3 Å². The number of nitrogens with one attached hydrogen (secondary N) is 1. The summed E-state index contributed by atoms with van der Waals surface area (Å²) in [6, 6.07) is 15.3. The number of benzene rings is 2. The van der Waals surface area contributed by atoms with E-state index in [1.807, 2.05) is 12.1 Å². The van der Waals surface area contributed by atoms with Gasteiger partial charge in [-0.1, -0.05) is 35.5 Å². The first kappa shape index (κ1) is 20.7. The second-order valence-corrected chi connectivity index (χ2v) is 7.47. The van der Waals surface area contributed by atoms with Crippen LogP contribution in [0.4, 0.5) is 5.69 Å². The molecule has 0 aliphatic heterocycles. The van der Waals surface area contributed by atoms with Crippen molar-refractivity contribution in [3.05, 3.63) is 59.7 Å². The Kier molecular flexibility index (Phi) is 6.72. The fraction of sp³-hybridized carbons (Fsp3) is 0.227. The minimum atomic E-state index is -0.165. The van der Waals surface area contributed by atoms with Gasteiger partial charge < -0.3 is 14.8 Å². The molecule has 0 unspecified atom stereocenters. The largest absolute Gasteiger partial charge is 0.497 e. The van der Waals surface area contributed by atoms with E-state index in [4.69, 9.17) is 9.47 Å². The molecule has 29 heavy (non-hydrogen) atoms. The number of methoxy groups -OCH3 is 2. The maximum Gasteiger partial charge on any atom is 0.234 e. The molecule has 150 valence electrons. The van der Waals surface area contributed by atoms with Crippen LogP contribution < -0.4 is 14.8 Å². The number of carbonyl (C=O) groups is 1. The van der Waals surface area contributed by atoms with Crippen molar-refractivity contribution in [2.45, 2.75) is 18.9 Å². The van der Waals surface area contributed by atoms with Crippen LogP contribution in [0.25, 0.3) is 11.3 Å². The lowest BCUT2D eigenvalue weighted by Gasteiger charge is -2.11. The lowest BCUT2D eigenvalue weighted by atomic mass is 10.0. The van der Waals surface area contributed by atoms with E-state index in [9.17, 15) is 4.79 Å². The van der Waals surface area contributed by atoms with Gasteiger partial charge in [0.2, 0.25) is 5.91 Å². The molecule has 2 aromatic carbocycles. The molecule has 1 amide bonds. The number of hydrogen-bond acceptors (Lipinski definition) is 6. The number of aryl methyl sites for hydroxylation is 2. The molecule has 7 heteroatoms. The third kappa shape index (κ3) is 5.26. The van der Waals surface area contributed by atoms with E-state index in [-0.39, 0.29) is 11.7 Å². The van der Waals surface area contributed by atoms with Crippen LogP contribution >= 0.6 is 11.8 Å². The normalized spacial score (nSPS) is 10.5. The first-order valence-electron chi connectivity index (χ1n) is 9.06. The quantitative estimate of drug-likeness (QED) is 0.579. The highest BCUT2D eigenvalue weighted by molar-refractivity contribution is 7.99. The standard InChI is InChI=1S/C22H23N3O3S/c1-14-5-7-17(15(2)11-14)18-8-10-22(25-24-18)29-13-21(26)23-19-12-16(27-3)6-9-20(19)28-4/h5-12H,13H2,1-4H3,(H,23,26). The van der Waals surface area contributed by atoms with Gasteiger partial charge >= 0.3 is 0 Å². The summed E-state index contributed by atoms with van der Waals surface area (Å²) in [5, 5.41) is 12.1. The Labute approximate surface area is 174 Å². The van der Waals surface area contributed by atoms with Gasteiger partial charge in [-0.15, -0.1) is 10.2 Å². The minimum absolute atomic E-state index is 0.165. The van der Waals surface area contributed by atoms with Gasteiger partial charge in [-0.05, 0) is 43.7 Å². The topological polar surface area (TPSA) is 73.3 Å². The molecule has 0 fully saturated rings. The summed E-state index contributed by atoms with van der Waals surface area (Å²) in [6.07, 6.45) is 0. The fourth-order valence-electron chi connectivity index (χ4n) is 2.88. The predicted octanol–water partition coefficient (Wildman–Crippen LogP) is 4.51. The van der Waals surface area contributed by atoms with Crippen molar-refractivity contribution in [3.63, 3.8) is 0 Å². The summed E-state index contributed by atoms with van der Waals surface area (Å²) in [5.41, 5.74) is 4.81. The van der Waals surface area contributed by atoms with Gasteiger partial charge in [0.05, 0.1) is 31.4 Å². The van der Waals surface area contributed by atoms with Crippen LogP contribution in [0.5, 0.6) is 11.5 Å². The van der Waals surface area contributed by atoms with Gasteiger partial charge in [-0.25, -0.2) is 0 Å². The predicted molar refractivity (Wildman–Crippen MR) is 116 cm³/mol. The molecule has 0 aliphatic carbocycles. The van der Waals surface area contributed by atoms with Crippen LogP contribution in [0.2, 0.25) is 0 Å². The lowest BCUT2D eigenvalue weighted by Crippen LogP contribution is -2.15. The summed E-state index contributed by atoms with van der Waals surface area (Å²) in [6.45, 7) is 4.12. The number of carbonyl (C=O) groups excluding carboxylic acids is 1. The lowest BCUT2D eigenvalue weighted by molar-refractivity contribution is -0.113. The summed E-state index contributed by atoms with van der Waals surface area (Å²) in [5.74, 6) is 1.25. The smallest absolute Gasteiger partial charge is 0.234 e. The molecule has 1 N–H and O–H groups in total. The summed E-state index contributed by atoms with van der Waals surface area (Å²) in [4.78, 5) is 12.3. The van der Waals surface area contributed by atoms with E-state index in [2.05, 4.69) is 47.6 Å². The van der Waals surface area contributed by atoms with Crippen molar-refractivity contribution in [3.8, 4) is 22.8 Å². The average Bonchev–Trinajstić information content (AvgIpc) is 2.72. The first-order valence-corrected chi connectivity index (χ1v) is 10.0. The molecule has 3 rings (SSSR count). The molecule has 0 aliphatic rings. The van der Waals surface area contributed by atoms with Crippen LogP contribution in [0.15, 0.2) is 53.6 Å². The Bertz CT molecular complexity index is 1010. The van der Waals surface area contributed by atoms with E-state index in [0.29, 0.717) is 22.2 Å². The highest BCUT2D eigenvalue weighted by Gasteiger charge is 2.11. The van der Waals surface area contributed by atoms with E-state index in [0.717, 1.165) is 16.8 Å². The van der Waals surface area contributed by atoms with E-state index in [1.54, 1.807) is 32.4 Å². The van der Waals surface area contributed by atoms with Crippen molar-refractivity contribution >= 4 is 23.4 Å². The van der Waals surface area contributed by atoms with Gasteiger partial charge in [0.25, 0.3) is 0 Å². The third-order valence-corrected chi connectivity index (χ3v) is 5.25. The zero-order valence-electron chi connectivity index (χ0n) is 16.9. The second-order valence-electron chi connectivity index (χ2n) is 6.48. The van der Waals surface area contributed by atoms with Crippen LogP contribution in [-0.4, -0.2) is 36.1 Å². The van der Waals surface area contributed by atoms with Crippen LogP contribution in [0, 0.1) is 13.8 Å². The maximum atomic E-state index is 12.3. The number of anilines is 1. The molecule has 1 heterocycles. The van der Waals surface area contributed by atoms with Crippen LogP contribution in [0.1, 0.15) is 11.1 Å². The average molecular weight is 410 g/mol. The van der Waals surface area contributed by atoms with Gasteiger partial charge in [-0.2, -0.15) is 0 Å². The molecule has 0 radical (unpaired) electrons. The van der Waals surface area contributed by atoms with Crippen LogP contribution in [0.3, 0.4) is 0 Å². The zero-order valence-corrected chi connectivity index (χ0v) is 17.7. The SMILES string of the molecule is COc1ccc(OC)c(NC(=O)CSc2ccc(-c3ccc(C)cc3C)nn2)c1. The van der Waals surface area contributed by atoms with Gasteiger partial charge in [-0.3, -0.25) is 4.79 Å². The Hall–Kier alpha value is -3.06. The number of rotatable bonds is 7. The molecule has 0 spiro atoms. The Morgan fingerprint density at radius 1 is 1.00 bits per heavy atom. The van der Waals surface area contributed by atoms with Gasteiger partial charge in [0, 0.05) is 11.6 Å². The number of nitrogens with zero attached hydrogens (tertiary/aromatic N) is 2. The molecular weight excluding hydrogens is 386 g/mol. The Balaban J connectivity index is 1.62. The fourth-order valence-corrected chi connectivity index (χ4v) is 3.49. The van der Waals surface area contributed by atoms with Crippen molar-refractivity contribution in [2.75, 3.05) is 25.3 Å². The van der Waals surface area contributed by atoms with Crippen molar-refractivity contribution in [2.24, 2.45) is 0 Å². The Morgan fingerprint density at radius 3 is 2.48 bits per heavy atom. The summed E-state index contributed by atoms with van der Waals surface area (Å²) in [7, 11) is 3.13. The maximum absolute atomic E-state index is 12.3. The number of hydrogen-bond donors (Lipinski definition) is 1. The van der Waals surface area contributed by atoms with Crippen molar-refractivity contribution in [1.82, 2.24) is 10.2 Å². The third-order valence-electron chi connectivity index (χ3n) is 4.33. The molecule has 6 nitrogen and oxygen atoms in total. The molecule has 0 saturated heterocycles. The molecular formula is C22H23N3O3S. The minimum Gasteiger partial charge on any atom is -0.497 e. The summed E-state index contributed by atoms with van der Waals surface area (Å²) < 4.78 is 10.5. The van der Waals surface area contributed by atoms with Crippen molar-refractivity contribution in [1.29, 1.82) is 0 Å². The highest BCUT2D eigenvalue weighted by atomic mass is 32.2. The van der Waals surface area contributed by atoms with Gasteiger partial charge in [0.1, 0.15) is 16.5 Å². The molecule has 1 aromatic heterocycles. The molecule has 3 aromatic rings. The van der Waals surface area contributed by atoms with Crippen LogP contribution in [-0.2, 0) is 4.79 Å². The monoisotopic (exact) mass is 409 g/mol. The summed E-state index contributed by atoms with van der Waals surface area (Å²) >= 11 is 1.32. The molecule has 0 atom stereocenters. The first-order chi connectivity index (χ1) is 14.0. The number of aromatic nitrogens is 2. The highest BCUT2D eigenvalue weighted by Crippen LogP contribution is 2.29. The van der Waals surface area contributed by atoms with E-state index >= 15 is 0 Å². The number of thioether (sulfide) groups is 1. The molecule has 0 bridgehead atoms. The van der Waals surface area contributed by atoms with E-state index in [1.165, 1.54) is 17.3 Å². The molecule has 0 saturated carbocycles. The number of amides is 1.